The zero-order valence-corrected chi connectivity index (χ0v) is 18.0. The third kappa shape index (κ3) is 7.44. The van der Waals surface area contributed by atoms with Crippen molar-refractivity contribution in [3.63, 3.8) is 0 Å². The molecule has 1 aromatic carbocycles. The monoisotopic (exact) mass is 390 g/mol. The highest BCUT2D eigenvalue weighted by molar-refractivity contribution is 5.97. The number of likely N-dealkylation sites (tertiary alicyclic amines) is 1. The Morgan fingerprint density at radius 2 is 1.79 bits per heavy atom. The fourth-order valence-electron chi connectivity index (χ4n) is 3.49. The summed E-state index contributed by atoms with van der Waals surface area (Å²) in [7, 11) is 0. The minimum absolute atomic E-state index is 0.0697. The van der Waals surface area contributed by atoms with Gasteiger partial charge in [0.25, 0.3) is 5.91 Å². The van der Waals surface area contributed by atoms with Crippen LogP contribution in [0.15, 0.2) is 24.3 Å². The number of ether oxygens (including phenoxy) is 2. The topological polar surface area (TPSA) is 50.8 Å². The van der Waals surface area contributed by atoms with Crippen LogP contribution in [0.25, 0.3) is 0 Å². The first-order valence-electron chi connectivity index (χ1n) is 11.0. The molecule has 0 unspecified atom stereocenters. The molecule has 0 spiro atoms. The van der Waals surface area contributed by atoms with Crippen LogP contribution in [-0.4, -0.2) is 49.3 Å². The normalized spacial score (nSPS) is 16.7. The van der Waals surface area contributed by atoms with Crippen molar-refractivity contribution in [1.29, 1.82) is 0 Å². The minimum atomic E-state index is -0.782. The average molecular weight is 391 g/mol. The quantitative estimate of drug-likeness (QED) is 0.489. The lowest BCUT2D eigenvalue weighted by atomic mass is 9.96. The van der Waals surface area contributed by atoms with Crippen LogP contribution in [0.1, 0.15) is 65.7 Å². The van der Waals surface area contributed by atoms with E-state index in [-0.39, 0.29) is 5.91 Å². The van der Waals surface area contributed by atoms with E-state index >= 15 is 0 Å². The molecule has 1 N–H and O–H groups in total. The summed E-state index contributed by atoms with van der Waals surface area (Å²) in [5.41, 5.74) is -0.00509. The van der Waals surface area contributed by atoms with Crippen molar-refractivity contribution in [2.45, 2.75) is 71.3 Å². The summed E-state index contributed by atoms with van der Waals surface area (Å²) in [4.78, 5) is 15.3. The van der Waals surface area contributed by atoms with Crippen LogP contribution in [0, 0.1) is 0 Å². The highest BCUT2D eigenvalue weighted by Crippen LogP contribution is 2.23. The van der Waals surface area contributed by atoms with Crippen LogP contribution in [-0.2, 0) is 9.53 Å². The van der Waals surface area contributed by atoms with Crippen molar-refractivity contribution in [2.24, 2.45) is 0 Å². The molecule has 1 fully saturated rings. The molecule has 158 valence electrons. The molecule has 1 aromatic rings. The summed E-state index contributed by atoms with van der Waals surface area (Å²) in [6, 6.07) is 7.63. The third-order valence-corrected chi connectivity index (χ3v) is 5.35. The predicted octanol–water partition coefficient (Wildman–Crippen LogP) is 4.87. The number of hydrogen-bond donors (Lipinski definition) is 1. The molecule has 1 heterocycles. The van der Waals surface area contributed by atoms with Crippen molar-refractivity contribution in [3.8, 4) is 5.75 Å². The van der Waals surface area contributed by atoms with Crippen LogP contribution in [0.4, 0.5) is 5.69 Å². The molecule has 0 bridgehead atoms. The molecule has 1 aliphatic heterocycles. The van der Waals surface area contributed by atoms with Crippen LogP contribution in [0.3, 0.4) is 0 Å². The second-order valence-corrected chi connectivity index (χ2v) is 7.91. The van der Waals surface area contributed by atoms with E-state index in [0.717, 1.165) is 50.1 Å². The Balaban J connectivity index is 1.84. The fraction of sp³-hybridized carbons (Fsp3) is 0.696. The standard InChI is InChI=1S/C23H38N2O3/c1-4-6-7-14-23(3,28-18-5-2)22(26)24-20-10-12-21(13-11-20)27-19-17-25-15-8-9-16-25/h10-13H,4-9,14-19H2,1-3H3,(H,24,26)/t23-/m0/s1. The van der Waals surface area contributed by atoms with Gasteiger partial charge in [-0.1, -0.05) is 33.1 Å². The van der Waals surface area contributed by atoms with Crippen LogP contribution >= 0.6 is 0 Å². The van der Waals surface area contributed by atoms with Gasteiger partial charge < -0.3 is 14.8 Å². The first-order chi connectivity index (χ1) is 13.6. The Kier molecular flexibility index (Phi) is 9.79. The number of carbonyl (C=O) groups is 1. The first-order valence-corrected chi connectivity index (χ1v) is 11.0. The maximum atomic E-state index is 12.9. The number of rotatable bonds is 13. The van der Waals surface area contributed by atoms with E-state index in [9.17, 15) is 4.79 Å². The molecule has 0 radical (unpaired) electrons. The Bertz CT molecular complexity index is 570. The molecule has 5 heteroatoms. The number of hydrogen-bond acceptors (Lipinski definition) is 4. The smallest absolute Gasteiger partial charge is 0.256 e. The van der Waals surface area contributed by atoms with Crippen LogP contribution in [0.2, 0.25) is 0 Å². The SMILES string of the molecule is CCCCC[C@](C)(OCCC)C(=O)Nc1ccc(OCCN2CCCC2)cc1. The lowest BCUT2D eigenvalue weighted by Gasteiger charge is -2.28. The summed E-state index contributed by atoms with van der Waals surface area (Å²) in [6.45, 7) is 10.8. The van der Waals surface area contributed by atoms with Crippen molar-refractivity contribution in [1.82, 2.24) is 4.90 Å². The molecule has 0 saturated carbocycles. The predicted molar refractivity (Wildman–Crippen MR) is 115 cm³/mol. The molecule has 2 rings (SSSR count). The fourth-order valence-corrected chi connectivity index (χ4v) is 3.49. The van der Waals surface area contributed by atoms with E-state index in [1.165, 1.54) is 25.9 Å². The zero-order valence-electron chi connectivity index (χ0n) is 18.0. The lowest BCUT2D eigenvalue weighted by molar-refractivity contribution is -0.140. The number of unbranched alkanes of at least 4 members (excludes halogenated alkanes) is 2. The van der Waals surface area contributed by atoms with Gasteiger partial charge in [0.15, 0.2) is 0 Å². The molecule has 1 saturated heterocycles. The summed E-state index contributed by atoms with van der Waals surface area (Å²) >= 11 is 0. The molecule has 1 aliphatic rings. The van der Waals surface area contributed by atoms with Gasteiger partial charge in [-0.25, -0.2) is 0 Å². The Hall–Kier alpha value is -1.59. The van der Waals surface area contributed by atoms with E-state index in [4.69, 9.17) is 9.47 Å². The number of benzene rings is 1. The summed E-state index contributed by atoms with van der Waals surface area (Å²) in [5, 5.41) is 3.02. The molecular weight excluding hydrogens is 352 g/mol. The van der Waals surface area contributed by atoms with Crippen LogP contribution < -0.4 is 10.1 Å². The molecule has 1 atom stereocenters. The minimum Gasteiger partial charge on any atom is -0.492 e. The van der Waals surface area contributed by atoms with Gasteiger partial charge in [-0.2, -0.15) is 0 Å². The summed E-state index contributed by atoms with van der Waals surface area (Å²) in [5.74, 6) is 0.768. The lowest BCUT2D eigenvalue weighted by Crippen LogP contribution is -2.43. The molecule has 1 amide bonds. The Morgan fingerprint density at radius 3 is 2.43 bits per heavy atom. The molecule has 0 aliphatic carbocycles. The van der Waals surface area contributed by atoms with Crippen molar-refractivity contribution in [2.75, 3.05) is 38.2 Å². The Labute approximate surface area is 170 Å². The maximum absolute atomic E-state index is 12.9. The third-order valence-electron chi connectivity index (χ3n) is 5.35. The molecule has 5 nitrogen and oxygen atoms in total. The zero-order chi connectivity index (χ0) is 20.2. The second-order valence-electron chi connectivity index (χ2n) is 7.91. The van der Waals surface area contributed by atoms with E-state index in [1.54, 1.807) is 0 Å². The van der Waals surface area contributed by atoms with Gasteiger partial charge in [-0.15, -0.1) is 0 Å². The number of nitrogens with one attached hydrogen (secondary N) is 1. The second kappa shape index (κ2) is 12.1. The summed E-state index contributed by atoms with van der Waals surface area (Å²) in [6.07, 6.45) is 7.48. The maximum Gasteiger partial charge on any atom is 0.256 e. The highest BCUT2D eigenvalue weighted by atomic mass is 16.5. The van der Waals surface area contributed by atoms with Crippen molar-refractivity contribution < 1.29 is 14.3 Å². The van der Waals surface area contributed by atoms with Gasteiger partial charge in [0.05, 0.1) is 0 Å². The van der Waals surface area contributed by atoms with E-state index < -0.39 is 5.60 Å². The Morgan fingerprint density at radius 1 is 1.07 bits per heavy atom. The van der Waals surface area contributed by atoms with Gasteiger partial charge >= 0.3 is 0 Å². The molecule has 28 heavy (non-hydrogen) atoms. The summed E-state index contributed by atoms with van der Waals surface area (Å²) < 4.78 is 11.8. The van der Waals surface area contributed by atoms with Crippen LogP contribution in [0.5, 0.6) is 5.75 Å². The van der Waals surface area contributed by atoms with Gasteiger partial charge in [0.2, 0.25) is 0 Å². The number of nitrogens with zero attached hydrogens (tertiary/aromatic N) is 1. The highest BCUT2D eigenvalue weighted by Gasteiger charge is 2.33. The average Bonchev–Trinajstić information content (AvgIpc) is 3.21. The van der Waals surface area contributed by atoms with Gasteiger partial charge in [-0.05, 0) is 70.0 Å². The van der Waals surface area contributed by atoms with E-state index in [0.29, 0.717) is 13.2 Å². The number of anilines is 1. The van der Waals surface area contributed by atoms with Crippen molar-refractivity contribution in [3.05, 3.63) is 24.3 Å². The van der Waals surface area contributed by atoms with Gasteiger partial charge in [-0.3, -0.25) is 9.69 Å². The van der Waals surface area contributed by atoms with Gasteiger partial charge in [0.1, 0.15) is 18.0 Å². The van der Waals surface area contributed by atoms with E-state index in [2.05, 4.69) is 24.1 Å². The first kappa shape index (κ1) is 22.7. The van der Waals surface area contributed by atoms with Crippen molar-refractivity contribution >= 4 is 11.6 Å². The molecular formula is C23H38N2O3. The van der Waals surface area contributed by atoms with Gasteiger partial charge in [0, 0.05) is 18.8 Å². The number of amides is 1. The van der Waals surface area contributed by atoms with E-state index in [1.807, 2.05) is 31.2 Å². The number of carbonyl (C=O) groups excluding carboxylic acids is 1. The molecule has 0 aromatic heterocycles. The largest absolute Gasteiger partial charge is 0.492 e.